The minimum absolute atomic E-state index is 0.0265. The van der Waals surface area contributed by atoms with Gasteiger partial charge in [0, 0.05) is 6.04 Å². The number of aliphatic carboxylic acids is 1. The molecule has 1 aromatic carbocycles. The Bertz CT molecular complexity index is 612. The van der Waals surface area contributed by atoms with E-state index < -0.39 is 21.7 Å². The fraction of sp³-hybridized carbons (Fsp3) is 0.533. The molecule has 21 heavy (non-hydrogen) atoms. The predicted molar refractivity (Wildman–Crippen MR) is 81.2 cm³/mol. The highest BCUT2D eigenvalue weighted by atomic mass is 32.2. The molecule has 116 valence electrons. The van der Waals surface area contributed by atoms with Crippen LogP contribution in [0.25, 0.3) is 0 Å². The Hall–Kier alpha value is -1.56. The molecule has 1 fully saturated rings. The highest BCUT2D eigenvalue weighted by Crippen LogP contribution is 2.30. The second kappa shape index (κ2) is 6.47. The maximum atomic E-state index is 12.1. The Morgan fingerprint density at radius 3 is 2.62 bits per heavy atom. The molecule has 0 bridgehead atoms. The van der Waals surface area contributed by atoms with Gasteiger partial charge < -0.3 is 10.4 Å². The van der Waals surface area contributed by atoms with E-state index in [-0.39, 0.29) is 16.7 Å². The first-order valence-electron chi connectivity index (χ1n) is 7.27. The van der Waals surface area contributed by atoms with E-state index in [9.17, 15) is 18.3 Å². The number of hydrogen-bond donors (Lipinski definition) is 2. The van der Waals surface area contributed by atoms with Gasteiger partial charge in [0.05, 0.1) is 22.3 Å². The Kier molecular flexibility index (Phi) is 4.88. The Labute approximate surface area is 125 Å². The second-order valence-electron chi connectivity index (χ2n) is 5.38. The second-order valence-corrected chi connectivity index (χ2v) is 7.63. The number of anilines is 1. The molecule has 0 radical (unpaired) electrons. The SMILES string of the molecule is CCS(=O)(=O)c1ccccc1NC1CCCCC1C(=O)O. The molecule has 2 N–H and O–H groups in total. The third kappa shape index (κ3) is 3.56. The van der Waals surface area contributed by atoms with E-state index in [0.29, 0.717) is 12.1 Å². The molecule has 0 amide bonds. The van der Waals surface area contributed by atoms with E-state index in [2.05, 4.69) is 5.32 Å². The Balaban J connectivity index is 2.29. The number of carboxylic acid groups (broad SMARTS) is 1. The lowest BCUT2D eigenvalue weighted by Gasteiger charge is -2.30. The first-order chi connectivity index (χ1) is 9.95. The zero-order valence-electron chi connectivity index (χ0n) is 12.1. The zero-order valence-corrected chi connectivity index (χ0v) is 12.9. The van der Waals surface area contributed by atoms with Crippen LogP contribution < -0.4 is 5.32 Å². The molecule has 6 heteroatoms. The van der Waals surface area contributed by atoms with Crippen LogP contribution in [0.3, 0.4) is 0 Å². The lowest BCUT2D eigenvalue weighted by atomic mass is 9.84. The Morgan fingerprint density at radius 2 is 1.95 bits per heavy atom. The number of benzene rings is 1. The maximum absolute atomic E-state index is 12.1. The zero-order chi connectivity index (χ0) is 15.5. The molecule has 2 unspecified atom stereocenters. The average molecular weight is 311 g/mol. The normalized spacial score (nSPS) is 22.7. The lowest BCUT2D eigenvalue weighted by Crippen LogP contribution is -2.37. The molecule has 0 saturated heterocycles. The van der Waals surface area contributed by atoms with Gasteiger partial charge in [-0.25, -0.2) is 8.42 Å². The summed E-state index contributed by atoms with van der Waals surface area (Å²) in [6.07, 6.45) is 3.25. The van der Waals surface area contributed by atoms with Gasteiger partial charge >= 0.3 is 5.97 Å². The molecule has 2 atom stereocenters. The van der Waals surface area contributed by atoms with Crippen molar-refractivity contribution in [2.45, 2.75) is 43.5 Å². The van der Waals surface area contributed by atoms with Crippen molar-refractivity contribution in [1.29, 1.82) is 0 Å². The fourth-order valence-electron chi connectivity index (χ4n) is 2.81. The number of carboxylic acids is 1. The summed E-state index contributed by atoms with van der Waals surface area (Å²) < 4.78 is 24.2. The van der Waals surface area contributed by atoms with Gasteiger partial charge in [-0.3, -0.25) is 4.79 Å². The van der Waals surface area contributed by atoms with E-state index in [4.69, 9.17) is 0 Å². The molecule has 0 aromatic heterocycles. The van der Waals surface area contributed by atoms with Gasteiger partial charge in [-0.1, -0.05) is 31.9 Å². The molecule has 0 heterocycles. The van der Waals surface area contributed by atoms with Crippen LogP contribution >= 0.6 is 0 Å². The fourth-order valence-corrected chi connectivity index (χ4v) is 3.87. The summed E-state index contributed by atoms with van der Waals surface area (Å²) >= 11 is 0. The van der Waals surface area contributed by atoms with Crippen molar-refractivity contribution in [2.24, 2.45) is 5.92 Å². The summed E-state index contributed by atoms with van der Waals surface area (Å²) in [4.78, 5) is 11.6. The van der Waals surface area contributed by atoms with Gasteiger partial charge in [-0.05, 0) is 25.0 Å². The first-order valence-corrected chi connectivity index (χ1v) is 8.92. The minimum Gasteiger partial charge on any atom is -0.481 e. The maximum Gasteiger partial charge on any atom is 0.308 e. The highest BCUT2D eigenvalue weighted by molar-refractivity contribution is 7.91. The van der Waals surface area contributed by atoms with Crippen molar-refractivity contribution in [3.63, 3.8) is 0 Å². The largest absolute Gasteiger partial charge is 0.481 e. The summed E-state index contributed by atoms with van der Waals surface area (Å²) in [5.74, 6) is -1.25. The first kappa shape index (κ1) is 15.8. The van der Waals surface area contributed by atoms with Crippen molar-refractivity contribution in [3.05, 3.63) is 24.3 Å². The van der Waals surface area contributed by atoms with Crippen molar-refractivity contribution in [1.82, 2.24) is 0 Å². The minimum atomic E-state index is -3.33. The number of rotatable bonds is 5. The number of hydrogen-bond acceptors (Lipinski definition) is 4. The van der Waals surface area contributed by atoms with Crippen molar-refractivity contribution in [3.8, 4) is 0 Å². The van der Waals surface area contributed by atoms with Gasteiger partial charge in [0.2, 0.25) is 0 Å². The van der Waals surface area contributed by atoms with Crippen LogP contribution in [-0.2, 0) is 14.6 Å². The molecule has 1 aromatic rings. The topological polar surface area (TPSA) is 83.5 Å². The van der Waals surface area contributed by atoms with E-state index in [0.717, 1.165) is 19.3 Å². The lowest BCUT2D eigenvalue weighted by molar-refractivity contribution is -0.143. The van der Waals surface area contributed by atoms with Crippen molar-refractivity contribution < 1.29 is 18.3 Å². The van der Waals surface area contributed by atoms with E-state index in [1.165, 1.54) is 0 Å². The van der Waals surface area contributed by atoms with Gasteiger partial charge in [0.15, 0.2) is 9.84 Å². The number of nitrogens with one attached hydrogen (secondary N) is 1. The molecule has 1 aliphatic rings. The predicted octanol–water partition coefficient (Wildman–Crippen LogP) is 2.54. The van der Waals surface area contributed by atoms with Gasteiger partial charge in [-0.2, -0.15) is 0 Å². The van der Waals surface area contributed by atoms with Gasteiger partial charge in [-0.15, -0.1) is 0 Å². The third-order valence-electron chi connectivity index (χ3n) is 4.03. The quantitative estimate of drug-likeness (QED) is 0.873. The van der Waals surface area contributed by atoms with Crippen LogP contribution in [0.4, 0.5) is 5.69 Å². The van der Waals surface area contributed by atoms with Crippen LogP contribution in [-0.4, -0.2) is 31.3 Å². The summed E-state index contributed by atoms with van der Waals surface area (Å²) in [5.41, 5.74) is 0.512. The highest BCUT2D eigenvalue weighted by Gasteiger charge is 2.31. The van der Waals surface area contributed by atoms with E-state index in [1.807, 2.05) is 0 Å². The molecule has 0 aliphatic heterocycles. The third-order valence-corrected chi connectivity index (χ3v) is 5.81. The smallest absolute Gasteiger partial charge is 0.308 e. The molecule has 5 nitrogen and oxygen atoms in total. The molecular weight excluding hydrogens is 290 g/mol. The molecule has 1 saturated carbocycles. The molecule has 2 rings (SSSR count). The number of carbonyl (C=O) groups is 1. The van der Waals surface area contributed by atoms with Gasteiger partial charge in [0.1, 0.15) is 0 Å². The van der Waals surface area contributed by atoms with Crippen LogP contribution in [0.1, 0.15) is 32.6 Å². The Morgan fingerprint density at radius 1 is 1.29 bits per heavy atom. The summed E-state index contributed by atoms with van der Waals surface area (Å²) in [5, 5.41) is 12.5. The van der Waals surface area contributed by atoms with Crippen LogP contribution in [0.15, 0.2) is 29.2 Å². The average Bonchev–Trinajstić information content (AvgIpc) is 2.48. The number of sulfone groups is 1. The van der Waals surface area contributed by atoms with Crippen LogP contribution in [0, 0.1) is 5.92 Å². The molecule has 1 aliphatic carbocycles. The van der Waals surface area contributed by atoms with Crippen LogP contribution in [0.5, 0.6) is 0 Å². The molecule has 0 spiro atoms. The standard InChI is InChI=1S/C15H21NO4S/c1-2-21(19,20)14-10-6-5-9-13(14)16-12-8-4-3-7-11(12)15(17)18/h5-6,9-12,16H,2-4,7-8H2,1H3,(H,17,18). The van der Waals surface area contributed by atoms with E-state index >= 15 is 0 Å². The van der Waals surface area contributed by atoms with Crippen LogP contribution in [0.2, 0.25) is 0 Å². The number of para-hydroxylation sites is 1. The monoisotopic (exact) mass is 311 g/mol. The summed E-state index contributed by atoms with van der Waals surface area (Å²) in [6, 6.07) is 6.50. The summed E-state index contributed by atoms with van der Waals surface area (Å²) in [7, 11) is -3.33. The van der Waals surface area contributed by atoms with E-state index in [1.54, 1.807) is 31.2 Å². The van der Waals surface area contributed by atoms with Gasteiger partial charge in [0.25, 0.3) is 0 Å². The van der Waals surface area contributed by atoms with Crippen molar-refractivity contribution in [2.75, 3.05) is 11.1 Å². The van der Waals surface area contributed by atoms with Crippen molar-refractivity contribution >= 4 is 21.5 Å². The summed E-state index contributed by atoms with van der Waals surface area (Å²) in [6.45, 7) is 1.60. The molecular formula is C15H21NO4S.